The molecule has 1 aliphatic carbocycles. The standard InChI is InChI=1S/C18H14N2/c1-3-9-16-14(6-1)11-12-18(19-16)20-13-5-8-15-7-2-4-10-17(15)20/h1-13,17H/p+1. The minimum atomic E-state index is 0.280. The molecule has 0 saturated heterocycles. The van der Waals surface area contributed by atoms with E-state index in [1.165, 1.54) is 11.0 Å². The molecule has 1 aromatic heterocycles. The third-order valence-electron chi connectivity index (χ3n) is 3.79. The first-order valence-corrected chi connectivity index (χ1v) is 6.84. The van der Waals surface area contributed by atoms with Gasteiger partial charge in [-0.2, -0.15) is 0 Å². The maximum absolute atomic E-state index is 3.52. The van der Waals surface area contributed by atoms with Crippen LogP contribution in [0.1, 0.15) is 0 Å². The molecule has 0 radical (unpaired) electrons. The monoisotopic (exact) mass is 259 g/mol. The minimum absolute atomic E-state index is 0.280. The van der Waals surface area contributed by atoms with Gasteiger partial charge in [-0.25, -0.2) is 9.88 Å². The number of allylic oxidation sites excluding steroid dienone is 4. The van der Waals surface area contributed by atoms with Crippen LogP contribution in [0.5, 0.6) is 0 Å². The van der Waals surface area contributed by atoms with Crippen molar-refractivity contribution in [2.45, 2.75) is 6.04 Å². The van der Waals surface area contributed by atoms with Crippen molar-refractivity contribution in [3.63, 3.8) is 0 Å². The Morgan fingerprint density at radius 1 is 0.950 bits per heavy atom. The molecular formula is C18H15N2+. The summed E-state index contributed by atoms with van der Waals surface area (Å²) in [5.41, 5.74) is 2.47. The van der Waals surface area contributed by atoms with Gasteiger partial charge in [0.2, 0.25) is 0 Å². The van der Waals surface area contributed by atoms with Gasteiger partial charge < -0.3 is 0 Å². The summed E-state index contributed by atoms with van der Waals surface area (Å²) in [4.78, 5) is 5.78. The Bertz CT molecular complexity index is 781. The van der Waals surface area contributed by atoms with Gasteiger partial charge in [0.25, 0.3) is 5.82 Å². The van der Waals surface area contributed by atoms with E-state index < -0.39 is 0 Å². The van der Waals surface area contributed by atoms with Gasteiger partial charge >= 0.3 is 0 Å². The van der Waals surface area contributed by atoms with Crippen molar-refractivity contribution in [2.24, 2.45) is 0 Å². The van der Waals surface area contributed by atoms with Crippen molar-refractivity contribution in [1.82, 2.24) is 0 Å². The van der Waals surface area contributed by atoms with Crippen molar-refractivity contribution < 1.29 is 4.98 Å². The fourth-order valence-electron chi connectivity index (χ4n) is 2.78. The van der Waals surface area contributed by atoms with E-state index >= 15 is 0 Å². The predicted octanol–water partition coefficient (Wildman–Crippen LogP) is 3.41. The highest BCUT2D eigenvalue weighted by Crippen LogP contribution is 2.26. The van der Waals surface area contributed by atoms with E-state index in [4.69, 9.17) is 0 Å². The van der Waals surface area contributed by atoms with Crippen LogP contribution in [0.15, 0.2) is 84.6 Å². The number of para-hydroxylation sites is 1. The van der Waals surface area contributed by atoms with Crippen molar-refractivity contribution in [3.05, 3.63) is 84.6 Å². The van der Waals surface area contributed by atoms with Gasteiger partial charge in [0.15, 0.2) is 0 Å². The van der Waals surface area contributed by atoms with Crippen LogP contribution in [0.4, 0.5) is 5.82 Å². The van der Waals surface area contributed by atoms with Crippen LogP contribution in [-0.4, -0.2) is 6.04 Å². The largest absolute Gasteiger partial charge is 0.280 e. The summed E-state index contributed by atoms with van der Waals surface area (Å²) in [6.07, 6.45) is 15.0. The first-order chi connectivity index (χ1) is 9.92. The predicted molar refractivity (Wildman–Crippen MR) is 82.3 cm³/mol. The number of pyridine rings is 1. The van der Waals surface area contributed by atoms with Gasteiger partial charge in [0, 0.05) is 17.0 Å². The normalized spacial score (nSPS) is 20.1. The second kappa shape index (κ2) is 4.49. The molecule has 1 unspecified atom stereocenters. The van der Waals surface area contributed by atoms with E-state index in [1.54, 1.807) is 0 Å². The average molecular weight is 259 g/mol. The molecule has 96 valence electrons. The number of anilines is 1. The van der Waals surface area contributed by atoms with Gasteiger partial charge in [-0.1, -0.05) is 42.5 Å². The number of nitrogens with one attached hydrogen (secondary N) is 1. The molecule has 0 bridgehead atoms. The smallest absolute Gasteiger partial charge is 0.240 e. The molecule has 20 heavy (non-hydrogen) atoms. The Morgan fingerprint density at radius 2 is 1.90 bits per heavy atom. The first kappa shape index (κ1) is 11.2. The van der Waals surface area contributed by atoms with Gasteiger partial charge in [-0.3, -0.25) is 0 Å². The van der Waals surface area contributed by atoms with E-state index in [-0.39, 0.29) is 6.04 Å². The van der Waals surface area contributed by atoms with Crippen LogP contribution >= 0.6 is 0 Å². The molecule has 1 aromatic carbocycles. The highest BCUT2D eigenvalue weighted by atomic mass is 15.2. The van der Waals surface area contributed by atoms with Crippen molar-refractivity contribution in [2.75, 3.05) is 4.90 Å². The summed E-state index contributed by atoms with van der Waals surface area (Å²) >= 11 is 0. The molecule has 0 fully saturated rings. The number of aromatic amines is 1. The van der Waals surface area contributed by atoms with E-state index in [0.29, 0.717) is 0 Å². The molecule has 2 aliphatic rings. The maximum atomic E-state index is 3.52. The Hall–Kier alpha value is -2.61. The Morgan fingerprint density at radius 3 is 2.90 bits per heavy atom. The average Bonchev–Trinajstić information content (AvgIpc) is 2.54. The number of nitrogens with zero attached hydrogens (tertiary/aromatic N) is 1. The van der Waals surface area contributed by atoms with Gasteiger partial charge in [0.1, 0.15) is 11.6 Å². The summed E-state index contributed by atoms with van der Waals surface area (Å²) in [7, 11) is 0. The molecule has 2 nitrogen and oxygen atoms in total. The van der Waals surface area contributed by atoms with Crippen LogP contribution in [0.25, 0.3) is 10.9 Å². The molecule has 2 heteroatoms. The minimum Gasteiger partial charge on any atom is -0.240 e. The fourth-order valence-corrected chi connectivity index (χ4v) is 2.78. The lowest BCUT2D eigenvalue weighted by Crippen LogP contribution is -2.36. The van der Waals surface area contributed by atoms with Crippen LogP contribution in [0.2, 0.25) is 0 Å². The fraction of sp³-hybridized carbons (Fsp3) is 0.0556. The highest BCUT2D eigenvalue weighted by Gasteiger charge is 2.27. The number of hydrogen-bond donors (Lipinski definition) is 0. The molecule has 1 atom stereocenters. The summed E-state index contributed by atoms with van der Waals surface area (Å²) in [6.45, 7) is 0. The van der Waals surface area contributed by atoms with E-state index in [1.807, 2.05) is 0 Å². The number of benzene rings is 1. The van der Waals surface area contributed by atoms with Crippen molar-refractivity contribution >= 4 is 16.7 Å². The lowest BCUT2D eigenvalue weighted by molar-refractivity contribution is -0.330. The lowest BCUT2D eigenvalue weighted by Gasteiger charge is -2.25. The van der Waals surface area contributed by atoms with Crippen LogP contribution in [0, 0.1) is 0 Å². The third kappa shape index (κ3) is 1.77. The molecular weight excluding hydrogens is 244 g/mol. The van der Waals surface area contributed by atoms with E-state index in [9.17, 15) is 0 Å². The highest BCUT2D eigenvalue weighted by molar-refractivity contribution is 5.76. The summed E-state index contributed by atoms with van der Waals surface area (Å²) in [5, 5.41) is 1.23. The molecule has 0 spiro atoms. The van der Waals surface area contributed by atoms with Crippen molar-refractivity contribution in [3.8, 4) is 0 Å². The molecule has 0 saturated carbocycles. The zero-order valence-electron chi connectivity index (χ0n) is 11.0. The molecule has 1 N–H and O–H groups in total. The molecule has 4 rings (SSSR count). The topological polar surface area (TPSA) is 17.4 Å². The zero-order chi connectivity index (χ0) is 13.4. The quantitative estimate of drug-likeness (QED) is 0.767. The Labute approximate surface area is 118 Å². The first-order valence-electron chi connectivity index (χ1n) is 6.84. The lowest BCUT2D eigenvalue weighted by atomic mass is 9.98. The van der Waals surface area contributed by atoms with Gasteiger partial charge in [-0.05, 0) is 24.3 Å². The molecule has 2 aromatic rings. The van der Waals surface area contributed by atoms with E-state index in [2.05, 4.69) is 88.9 Å². The second-order valence-electron chi connectivity index (χ2n) is 5.04. The van der Waals surface area contributed by atoms with Crippen LogP contribution < -0.4 is 9.88 Å². The zero-order valence-corrected chi connectivity index (χ0v) is 11.0. The van der Waals surface area contributed by atoms with Crippen LogP contribution in [0.3, 0.4) is 0 Å². The summed E-state index contributed by atoms with van der Waals surface area (Å²) in [5.74, 6) is 1.11. The van der Waals surface area contributed by atoms with Gasteiger partial charge in [-0.15, -0.1) is 0 Å². The molecule has 1 aliphatic heterocycles. The molecule has 2 heterocycles. The van der Waals surface area contributed by atoms with Crippen molar-refractivity contribution in [1.29, 1.82) is 0 Å². The Balaban J connectivity index is 1.79. The Kier molecular flexibility index (Phi) is 2.52. The summed E-state index contributed by atoms with van der Waals surface area (Å²) in [6, 6.07) is 12.9. The number of hydrogen-bond acceptors (Lipinski definition) is 1. The number of fused-ring (bicyclic) bond motifs is 2. The van der Waals surface area contributed by atoms with Gasteiger partial charge in [0.05, 0.1) is 6.20 Å². The maximum Gasteiger partial charge on any atom is 0.280 e. The number of rotatable bonds is 1. The SMILES string of the molecule is C1=CC2=CC=CN(c3ccc4ccccc4[nH+]3)C2C=C1. The van der Waals surface area contributed by atoms with E-state index in [0.717, 1.165) is 11.3 Å². The summed E-state index contributed by atoms with van der Waals surface area (Å²) < 4.78 is 0. The second-order valence-corrected chi connectivity index (χ2v) is 5.04. The third-order valence-corrected chi connectivity index (χ3v) is 3.79. The number of aromatic nitrogens is 1. The number of H-pyrrole nitrogens is 1. The molecule has 0 amide bonds. The van der Waals surface area contributed by atoms with Crippen LogP contribution in [-0.2, 0) is 0 Å².